The molecule has 0 aliphatic heterocycles. The Morgan fingerprint density at radius 1 is 1.53 bits per heavy atom. The summed E-state index contributed by atoms with van der Waals surface area (Å²) in [5.41, 5.74) is 7.61. The molecule has 17 heavy (non-hydrogen) atoms. The quantitative estimate of drug-likeness (QED) is 0.812. The van der Waals surface area contributed by atoms with Crippen LogP contribution in [0.15, 0.2) is 22.7 Å². The van der Waals surface area contributed by atoms with Crippen LogP contribution in [-0.2, 0) is 11.3 Å². The van der Waals surface area contributed by atoms with E-state index >= 15 is 0 Å². The van der Waals surface area contributed by atoms with E-state index in [-0.39, 0.29) is 5.91 Å². The van der Waals surface area contributed by atoms with Crippen molar-refractivity contribution in [3.8, 4) is 0 Å². The van der Waals surface area contributed by atoms with Gasteiger partial charge in [-0.15, -0.1) is 0 Å². The largest absolute Gasteiger partial charge is 0.398 e. The van der Waals surface area contributed by atoms with Crippen LogP contribution in [0.3, 0.4) is 0 Å². The summed E-state index contributed by atoms with van der Waals surface area (Å²) in [6.07, 6.45) is 0. The predicted molar refractivity (Wildman–Crippen MR) is 73.6 cm³/mol. The molecule has 1 rings (SSSR count). The molecule has 0 atom stereocenters. The van der Waals surface area contributed by atoms with Crippen molar-refractivity contribution in [2.75, 3.05) is 25.9 Å². The summed E-state index contributed by atoms with van der Waals surface area (Å²) in [6.45, 7) is 3.67. The summed E-state index contributed by atoms with van der Waals surface area (Å²) < 4.78 is 0.896. The Morgan fingerprint density at radius 2 is 2.24 bits per heavy atom. The van der Waals surface area contributed by atoms with Gasteiger partial charge in [-0.2, -0.15) is 0 Å². The Morgan fingerprint density at radius 3 is 2.82 bits per heavy atom. The fourth-order valence-corrected chi connectivity index (χ4v) is 1.80. The van der Waals surface area contributed by atoms with Crippen LogP contribution < -0.4 is 11.1 Å². The monoisotopic (exact) mass is 299 g/mol. The van der Waals surface area contributed by atoms with Gasteiger partial charge in [0.25, 0.3) is 0 Å². The molecule has 0 spiro atoms. The van der Waals surface area contributed by atoms with Crippen molar-refractivity contribution >= 4 is 27.5 Å². The summed E-state index contributed by atoms with van der Waals surface area (Å²) >= 11 is 3.35. The number of rotatable bonds is 5. The molecule has 1 aromatic carbocycles. The molecule has 0 bridgehead atoms. The minimum Gasteiger partial charge on any atom is -0.398 e. The van der Waals surface area contributed by atoms with Gasteiger partial charge in [-0.25, -0.2) is 0 Å². The summed E-state index contributed by atoms with van der Waals surface area (Å²) in [7, 11) is 1.91. The predicted octanol–water partition coefficient (Wildman–Crippen LogP) is 1.60. The fourth-order valence-electron chi connectivity index (χ4n) is 1.56. The fraction of sp³-hybridized carbons (Fsp3) is 0.417. The van der Waals surface area contributed by atoms with Gasteiger partial charge < -0.3 is 11.1 Å². The van der Waals surface area contributed by atoms with Gasteiger partial charge in [0.1, 0.15) is 0 Å². The molecule has 0 aliphatic carbocycles. The molecular weight excluding hydrogens is 282 g/mol. The van der Waals surface area contributed by atoms with Crippen LogP contribution in [0.25, 0.3) is 0 Å². The standard InChI is InChI=1S/C12H18BrN3O/c1-3-15-12(17)8-16(2)7-9-4-5-10(13)11(14)6-9/h4-6H,3,7-8,14H2,1-2H3,(H,15,17). The summed E-state index contributed by atoms with van der Waals surface area (Å²) in [5.74, 6) is 0.0417. The second-order valence-electron chi connectivity index (χ2n) is 3.98. The maximum Gasteiger partial charge on any atom is 0.234 e. The van der Waals surface area contributed by atoms with E-state index in [0.717, 1.165) is 10.0 Å². The molecule has 94 valence electrons. The van der Waals surface area contributed by atoms with Crippen LogP contribution >= 0.6 is 15.9 Å². The maximum atomic E-state index is 11.4. The lowest BCUT2D eigenvalue weighted by molar-refractivity contribution is -0.121. The molecule has 4 nitrogen and oxygen atoms in total. The molecule has 3 N–H and O–H groups in total. The van der Waals surface area contributed by atoms with Crippen molar-refractivity contribution in [3.63, 3.8) is 0 Å². The first-order valence-corrected chi connectivity index (χ1v) is 6.31. The summed E-state index contributed by atoms with van der Waals surface area (Å²) in [5, 5.41) is 2.77. The zero-order chi connectivity index (χ0) is 12.8. The molecule has 0 saturated heterocycles. The Hall–Kier alpha value is -1.07. The average molecular weight is 300 g/mol. The van der Waals surface area contributed by atoms with Gasteiger partial charge >= 0.3 is 0 Å². The van der Waals surface area contributed by atoms with Crippen LogP contribution in [0, 0.1) is 0 Å². The van der Waals surface area contributed by atoms with Crippen molar-refractivity contribution in [1.29, 1.82) is 0 Å². The van der Waals surface area contributed by atoms with Crippen molar-refractivity contribution < 1.29 is 4.79 Å². The molecule has 1 aromatic rings. The zero-order valence-electron chi connectivity index (χ0n) is 10.2. The van der Waals surface area contributed by atoms with E-state index in [4.69, 9.17) is 5.73 Å². The normalized spacial score (nSPS) is 10.6. The first-order chi connectivity index (χ1) is 8.02. The number of halogens is 1. The van der Waals surface area contributed by atoms with Gasteiger partial charge in [-0.3, -0.25) is 9.69 Å². The highest BCUT2D eigenvalue weighted by atomic mass is 79.9. The molecule has 0 aromatic heterocycles. The lowest BCUT2D eigenvalue weighted by Crippen LogP contribution is -2.34. The average Bonchev–Trinajstić information content (AvgIpc) is 2.23. The first kappa shape index (κ1) is 14.0. The van der Waals surface area contributed by atoms with Crippen molar-refractivity contribution in [2.45, 2.75) is 13.5 Å². The topological polar surface area (TPSA) is 58.4 Å². The van der Waals surface area contributed by atoms with E-state index in [9.17, 15) is 4.79 Å². The smallest absolute Gasteiger partial charge is 0.234 e. The second-order valence-corrected chi connectivity index (χ2v) is 4.84. The number of nitrogens with zero attached hydrogens (tertiary/aromatic N) is 1. The van der Waals surface area contributed by atoms with Gasteiger partial charge in [-0.05, 0) is 47.6 Å². The summed E-state index contributed by atoms with van der Waals surface area (Å²) in [6, 6.07) is 5.83. The minimum atomic E-state index is 0.0417. The van der Waals surface area contributed by atoms with E-state index in [1.54, 1.807) is 0 Å². The lowest BCUT2D eigenvalue weighted by Gasteiger charge is -2.16. The summed E-state index contributed by atoms with van der Waals surface area (Å²) in [4.78, 5) is 13.3. The molecule has 0 heterocycles. The SMILES string of the molecule is CCNC(=O)CN(C)Cc1ccc(Br)c(N)c1. The Bertz CT molecular complexity index is 395. The second kappa shape index (κ2) is 6.61. The Labute approximate surface area is 110 Å². The van der Waals surface area contributed by atoms with Crippen molar-refractivity contribution in [3.05, 3.63) is 28.2 Å². The first-order valence-electron chi connectivity index (χ1n) is 5.52. The Kier molecular flexibility index (Phi) is 5.44. The number of benzene rings is 1. The molecule has 0 radical (unpaired) electrons. The number of carbonyl (C=O) groups is 1. The highest BCUT2D eigenvalue weighted by molar-refractivity contribution is 9.10. The van der Waals surface area contributed by atoms with Crippen LogP contribution in [0.4, 0.5) is 5.69 Å². The van der Waals surface area contributed by atoms with Gasteiger partial charge in [-0.1, -0.05) is 6.07 Å². The van der Waals surface area contributed by atoms with Crippen molar-refractivity contribution in [1.82, 2.24) is 10.2 Å². The van der Waals surface area contributed by atoms with E-state index in [0.29, 0.717) is 25.3 Å². The molecule has 0 saturated carbocycles. The zero-order valence-corrected chi connectivity index (χ0v) is 11.8. The van der Waals surface area contributed by atoms with Crippen molar-refractivity contribution in [2.24, 2.45) is 0 Å². The molecule has 1 amide bonds. The number of amides is 1. The number of hydrogen-bond acceptors (Lipinski definition) is 3. The molecule has 0 unspecified atom stereocenters. The van der Waals surface area contributed by atoms with Crippen LogP contribution in [0.5, 0.6) is 0 Å². The number of anilines is 1. The van der Waals surface area contributed by atoms with Gasteiger partial charge in [0.2, 0.25) is 5.91 Å². The number of nitrogen functional groups attached to an aromatic ring is 1. The maximum absolute atomic E-state index is 11.4. The van der Waals surface area contributed by atoms with E-state index in [1.165, 1.54) is 0 Å². The van der Waals surface area contributed by atoms with Gasteiger partial charge in [0, 0.05) is 23.2 Å². The highest BCUT2D eigenvalue weighted by Crippen LogP contribution is 2.20. The number of hydrogen-bond donors (Lipinski definition) is 2. The third-order valence-corrected chi connectivity index (χ3v) is 3.02. The van der Waals surface area contributed by atoms with Crippen LogP contribution in [0.2, 0.25) is 0 Å². The van der Waals surface area contributed by atoms with Gasteiger partial charge in [0.15, 0.2) is 0 Å². The molecule has 0 aliphatic rings. The number of nitrogens with two attached hydrogens (primary N) is 1. The third-order valence-electron chi connectivity index (χ3n) is 2.30. The molecular formula is C12H18BrN3O. The highest BCUT2D eigenvalue weighted by Gasteiger charge is 2.06. The van der Waals surface area contributed by atoms with Crippen LogP contribution in [0.1, 0.15) is 12.5 Å². The molecule has 5 heteroatoms. The van der Waals surface area contributed by atoms with Gasteiger partial charge in [0.05, 0.1) is 6.54 Å². The van der Waals surface area contributed by atoms with E-state index in [2.05, 4.69) is 21.2 Å². The van der Waals surface area contributed by atoms with E-state index in [1.807, 2.05) is 37.1 Å². The lowest BCUT2D eigenvalue weighted by atomic mass is 10.2. The third kappa shape index (κ3) is 4.75. The van der Waals surface area contributed by atoms with Crippen LogP contribution in [-0.4, -0.2) is 30.9 Å². The Balaban J connectivity index is 2.53. The number of likely N-dealkylation sites (N-methyl/N-ethyl adjacent to an activating group) is 2. The number of carbonyl (C=O) groups excluding carboxylic acids is 1. The number of nitrogens with one attached hydrogen (secondary N) is 1. The molecule has 0 fully saturated rings. The van der Waals surface area contributed by atoms with E-state index < -0.39 is 0 Å². The minimum absolute atomic E-state index is 0.0417.